The third kappa shape index (κ3) is 3.36. The van der Waals surface area contributed by atoms with Crippen molar-refractivity contribution >= 4 is 5.91 Å². The molecular weight excluding hydrogens is 302 g/mol. The van der Waals surface area contributed by atoms with Gasteiger partial charge in [0, 0.05) is 19.0 Å². The highest BCUT2D eigenvalue weighted by atomic mass is 16.5. The summed E-state index contributed by atoms with van der Waals surface area (Å²) >= 11 is 0. The molecule has 1 saturated heterocycles. The van der Waals surface area contributed by atoms with E-state index in [0.717, 1.165) is 50.0 Å². The monoisotopic (exact) mass is 325 g/mol. The number of piperidine rings is 1. The fraction of sp³-hybridized carbons (Fsp3) is 0.474. The summed E-state index contributed by atoms with van der Waals surface area (Å²) in [6.07, 6.45) is 6.05. The minimum Gasteiger partial charge on any atom is -0.373 e. The average molecular weight is 325 g/mol. The molecule has 0 unspecified atom stereocenters. The van der Waals surface area contributed by atoms with Crippen LogP contribution in [-0.4, -0.2) is 40.2 Å². The normalized spacial score (nSPS) is 18.8. The molecule has 1 amide bonds. The number of H-pyrrole nitrogens is 1. The predicted octanol–water partition coefficient (Wildman–Crippen LogP) is 3.11. The van der Waals surface area contributed by atoms with E-state index >= 15 is 0 Å². The quantitative estimate of drug-likeness (QED) is 0.919. The fourth-order valence-corrected chi connectivity index (χ4v) is 3.33. The molecule has 2 aromatic rings. The van der Waals surface area contributed by atoms with Crippen LogP contribution in [0.25, 0.3) is 0 Å². The maximum Gasteiger partial charge on any atom is 0.257 e. The number of ether oxygens (including phenoxy) is 1. The zero-order valence-corrected chi connectivity index (χ0v) is 13.8. The van der Waals surface area contributed by atoms with Crippen molar-refractivity contribution in [1.82, 2.24) is 15.1 Å². The van der Waals surface area contributed by atoms with Crippen molar-refractivity contribution in [3.63, 3.8) is 0 Å². The lowest BCUT2D eigenvalue weighted by Crippen LogP contribution is -2.41. The van der Waals surface area contributed by atoms with E-state index in [1.807, 2.05) is 23.1 Å². The Morgan fingerprint density at radius 2 is 1.92 bits per heavy atom. The van der Waals surface area contributed by atoms with Crippen molar-refractivity contribution in [3.8, 4) is 0 Å². The molecule has 2 aliphatic rings. The van der Waals surface area contributed by atoms with Crippen molar-refractivity contribution in [3.05, 3.63) is 53.3 Å². The highest BCUT2D eigenvalue weighted by Gasteiger charge is 2.32. The summed E-state index contributed by atoms with van der Waals surface area (Å²) in [4.78, 5) is 14.7. The molecule has 0 atom stereocenters. The summed E-state index contributed by atoms with van der Waals surface area (Å²) in [6, 6.07) is 10.2. The Kier molecular flexibility index (Phi) is 4.34. The van der Waals surface area contributed by atoms with Crippen molar-refractivity contribution in [2.45, 2.75) is 44.3 Å². The third-order valence-electron chi connectivity index (χ3n) is 4.94. The first-order valence-corrected chi connectivity index (χ1v) is 8.79. The van der Waals surface area contributed by atoms with Gasteiger partial charge < -0.3 is 9.64 Å². The van der Waals surface area contributed by atoms with Gasteiger partial charge in [0.15, 0.2) is 0 Å². The Morgan fingerprint density at radius 3 is 2.62 bits per heavy atom. The van der Waals surface area contributed by atoms with E-state index in [-0.39, 0.29) is 12.0 Å². The van der Waals surface area contributed by atoms with Crippen molar-refractivity contribution in [2.75, 3.05) is 13.1 Å². The van der Waals surface area contributed by atoms with Crippen LogP contribution in [0.4, 0.5) is 0 Å². The number of hydrogen-bond acceptors (Lipinski definition) is 3. The number of benzene rings is 1. The topological polar surface area (TPSA) is 58.2 Å². The summed E-state index contributed by atoms with van der Waals surface area (Å²) in [5.41, 5.74) is 2.99. The summed E-state index contributed by atoms with van der Waals surface area (Å²) in [6.45, 7) is 2.16. The van der Waals surface area contributed by atoms with E-state index in [0.29, 0.717) is 12.5 Å². The van der Waals surface area contributed by atoms with Gasteiger partial charge in [0.1, 0.15) is 0 Å². The Balaban J connectivity index is 1.29. The van der Waals surface area contributed by atoms with E-state index in [1.54, 1.807) is 6.20 Å². The van der Waals surface area contributed by atoms with Crippen LogP contribution in [0.2, 0.25) is 0 Å². The van der Waals surface area contributed by atoms with Crippen LogP contribution < -0.4 is 0 Å². The third-order valence-corrected chi connectivity index (χ3v) is 4.94. The Morgan fingerprint density at radius 1 is 1.17 bits per heavy atom. The number of hydrogen-bond donors (Lipinski definition) is 1. The van der Waals surface area contributed by atoms with Crippen LogP contribution in [0.1, 0.15) is 53.2 Å². The lowest BCUT2D eigenvalue weighted by molar-refractivity contribution is -0.000400. The number of carbonyl (C=O) groups is 1. The van der Waals surface area contributed by atoms with Crippen molar-refractivity contribution in [2.24, 2.45) is 0 Å². The summed E-state index contributed by atoms with van der Waals surface area (Å²) < 4.78 is 6.00. The molecule has 24 heavy (non-hydrogen) atoms. The molecule has 5 heteroatoms. The van der Waals surface area contributed by atoms with Crippen LogP contribution in [-0.2, 0) is 11.3 Å². The first kappa shape index (κ1) is 15.4. The maximum atomic E-state index is 12.7. The molecule has 5 nitrogen and oxygen atoms in total. The van der Waals surface area contributed by atoms with E-state index in [9.17, 15) is 4.79 Å². The highest BCUT2D eigenvalue weighted by molar-refractivity contribution is 5.95. The summed E-state index contributed by atoms with van der Waals surface area (Å²) in [5.74, 6) is 0.630. The minimum atomic E-state index is 0.118. The summed E-state index contributed by atoms with van der Waals surface area (Å²) in [5, 5.41) is 7.09. The number of aromatic amines is 1. The van der Waals surface area contributed by atoms with Crippen LogP contribution in [0.5, 0.6) is 0 Å². The molecule has 0 bridgehead atoms. The van der Waals surface area contributed by atoms with Gasteiger partial charge in [-0.15, -0.1) is 0 Å². The smallest absolute Gasteiger partial charge is 0.257 e. The molecule has 1 aromatic heterocycles. The Hall–Kier alpha value is -2.14. The first-order chi connectivity index (χ1) is 11.8. The number of amides is 1. The Bertz CT molecular complexity index is 686. The van der Waals surface area contributed by atoms with Crippen LogP contribution >= 0.6 is 0 Å². The molecule has 1 aromatic carbocycles. The molecular formula is C19H23N3O2. The number of nitrogens with one attached hydrogen (secondary N) is 1. The van der Waals surface area contributed by atoms with Gasteiger partial charge in [-0.25, -0.2) is 0 Å². The summed E-state index contributed by atoms with van der Waals surface area (Å²) in [7, 11) is 0. The Labute approximate surface area is 142 Å². The van der Waals surface area contributed by atoms with Crippen molar-refractivity contribution < 1.29 is 9.53 Å². The lowest BCUT2D eigenvalue weighted by atomic mass is 10.1. The molecule has 2 fully saturated rings. The number of carbonyl (C=O) groups excluding carboxylic acids is 1. The van der Waals surface area contributed by atoms with Gasteiger partial charge in [-0.1, -0.05) is 30.3 Å². The molecule has 4 rings (SSSR count). The molecule has 1 saturated carbocycles. The predicted molar refractivity (Wildman–Crippen MR) is 90.7 cm³/mol. The molecule has 1 aliphatic carbocycles. The molecule has 2 heterocycles. The zero-order chi connectivity index (χ0) is 16.4. The van der Waals surface area contributed by atoms with Crippen molar-refractivity contribution in [1.29, 1.82) is 0 Å². The first-order valence-electron chi connectivity index (χ1n) is 8.79. The SMILES string of the molecule is O=C(c1cn[nH]c1C1CC1)N1CCC(OCc2ccccc2)CC1. The second-order valence-electron chi connectivity index (χ2n) is 6.76. The molecule has 0 radical (unpaired) electrons. The zero-order valence-electron chi connectivity index (χ0n) is 13.8. The van der Waals surface area contributed by atoms with Gasteiger partial charge in [0.05, 0.1) is 30.2 Å². The number of aromatic nitrogens is 2. The highest BCUT2D eigenvalue weighted by Crippen LogP contribution is 2.40. The van der Waals surface area contributed by atoms with E-state index < -0.39 is 0 Å². The molecule has 1 aliphatic heterocycles. The van der Waals surface area contributed by atoms with Gasteiger partial charge >= 0.3 is 0 Å². The second kappa shape index (κ2) is 6.77. The standard InChI is InChI=1S/C19H23N3O2/c23-19(17-12-20-21-18(17)15-6-7-15)22-10-8-16(9-11-22)24-13-14-4-2-1-3-5-14/h1-5,12,15-16H,6-11,13H2,(H,20,21). The van der Waals surface area contributed by atoms with Gasteiger partial charge in [0.25, 0.3) is 5.91 Å². The van der Waals surface area contributed by atoms with Gasteiger partial charge in [-0.2, -0.15) is 5.10 Å². The van der Waals surface area contributed by atoms with Gasteiger partial charge in [0.2, 0.25) is 0 Å². The van der Waals surface area contributed by atoms with Gasteiger partial charge in [-0.3, -0.25) is 9.89 Å². The van der Waals surface area contributed by atoms with Crippen LogP contribution in [0, 0.1) is 0 Å². The number of rotatable bonds is 5. The van der Waals surface area contributed by atoms with E-state index in [2.05, 4.69) is 22.3 Å². The number of likely N-dealkylation sites (tertiary alicyclic amines) is 1. The second-order valence-corrected chi connectivity index (χ2v) is 6.76. The molecule has 0 spiro atoms. The molecule has 1 N–H and O–H groups in total. The fourth-order valence-electron chi connectivity index (χ4n) is 3.33. The average Bonchev–Trinajstić information content (AvgIpc) is 3.37. The van der Waals surface area contributed by atoms with E-state index in [1.165, 1.54) is 5.56 Å². The molecule has 126 valence electrons. The van der Waals surface area contributed by atoms with Crippen LogP contribution in [0.3, 0.4) is 0 Å². The maximum absolute atomic E-state index is 12.7. The number of nitrogens with zero attached hydrogens (tertiary/aromatic N) is 2. The van der Waals surface area contributed by atoms with E-state index in [4.69, 9.17) is 4.74 Å². The largest absolute Gasteiger partial charge is 0.373 e. The lowest BCUT2D eigenvalue weighted by Gasteiger charge is -2.32. The van der Waals surface area contributed by atoms with Gasteiger partial charge in [-0.05, 0) is 31.2 Å². The van der Waals surface area contributed by atoms with Crippen LogP contribution in [0.15, 0.2) is 36.5 Å². The minimum absolute atomic E-state index is 0.118.